The first-order valence-electron chi connectivity index (χ1n) is 8.77. The summed E-state index contributed by atoms with van der Waals surface area (Å²) < 4.78 is 0. The van der Waals surface area contributed by atoms with E-state index in [9.17, 15) is 4.79 Å². The molecule has 0 fully saturated rings. The van der Waals surface area contributed by atoms with Gasteiger partial charge in [-0.3, -0.25) is 9.78 Å². The van der Waals surface area contributed by atoms with Gasteiger partial charge in [-0.15, -0.1) is 11.3 Å². The molecular formula is C20H24N2OS. The number of nitrogens with one attached hydrogen (secondary N) is 1. The molecule has 1 aliphatic heterocycles. The number of rotatable bonds is 1. The SMILES string of the molecule is CC(C)(C)[C@@H]1CCc2c(sc3c2[C@H](c2ccncc2)CC(=O)N3)C1. The number of hydrogen-bond donors (Lipinski definition) is 1. The third kappa shape index (κ3) is 2.67. The molecule has 0 radical (unpaired) electrons. The quantitative estimate of drug-likeness (QED) is 0.812. The van der Waals surface area contributed by atoms with Gasteiger partial charge < -0.3 is 5.32 Å². The van der Waals surface area contributed by atoms with Crippen molar-refractivity contribution in [2.24, 2.45) is 11.3 Å². The minimum absolute atomic E-state index is 0.135. The van der Waals surface area contributed by atoms with Crippen LogP contribution in [0.5, 0.6) is 0 Å². The Morgan fingerprint density at radius 2 is 1.96 bits per heavy atom. The van der Waals surface area contributed by atoms with Crippen molar-refractivity contribution in [3.05, 3.63) is 46.1 Å². The normalized spacial score (nSPS) is 23.4. The number of anilines is 1. The van der Waals surface area contributed by atoms with Crippen LogP contribution in [0.15, 0.2) is 24.5 Å². The van der Waals surface area contributed by atoms with Crippen LogP contribution in [0.4, 0.5) is 5.00 Å². The molecule has 2 atom stereocenters. The summed E-state index contributed by atoms with van der Waals surface area (Å²) in [7, 11) is 0. The summed E-state index contributed by atoms with van der Waals surface area (Å²) in [6.45, 7) is 7.03. The number of pyridine rings is 1. The third-order valence-corrected chi connectivity index (χ3v) is 6.82. The Kier molecular flexibility index (Phi) is 3.75. The van der Waals surface area contributed by atoms with Gasteiger partial charge in [0.15, 0.2) is 0 Å². The van der Waals surface area contributed by atoms with Gasteiger partial charge in [0.2, 0.25) is 5.91 Å². The summed E-state index contributed by atoms with van der Waals surface area (Å²) in [5.41, 5.74) is 4.45. The summed E-state index contributed by atoms with van der Waals surface area (Å²) >= 11 is 1.81. The Morgan fingerprint density at radius 1 is 1.21 bits per heavy atom. The second kappa shape index (κ2) is 5.69. The number of carbonyl (C=O) groups excluding carboxylic acids is 1. The lowest BCUT2D eigenvalue weighted by molar-refractivity contribution is -0.116. The van der Waals surface area contributed by atoms with Crippen LogP contribution in [-0.4, -0.2) is 10.9 Å². The monoisotopic (exact) mass is 340 g/mol. The van der Waals surface area contributed by atoms with E-state index in [1.54, 1.807) is 0 Å². The fourth-order valence-electron chi connectivity index (χ4n) is 4.16. The van der Waals surface area contributed by atoms with Crippen molar-refractivity contribution in [3.8, 4) is 0 Å². The van der Waals surface area contributed by atoms with Gasteiger partial charge in [0.05, 0.1) is 5.00 Å². The Morgan fingerprint density at radius 3 is 2.67 bits per heavy atom. The van der Waals surface area contributed by atoms with Crippen molar-refractivity contribution in [3.63, 3.8) is 0 Å². The zero-order chi connectivity index (χ0) is 16.9. The van der Waals surface area contributed by atoms with Gasteiger partial charge in [-0.1, -0.05) is 20.8 Å². The van der Waals surface area contributed by atoms with Crippen LogP contribution in [0.3, 0.4) is 0 Å². The highest BCUT2D eigenvalue weighted by Gasteiger charge is 2.37. The average molecular weight is 340 g/mol. The van der Waals surface area contributed by atoms with Crippen LogP contribution in [-0.2, 0) is 17.6 Å². The largest absolute Gasteiger partial charge is 0.317 e. The second-order valence-electron chi connectivity index (χ2n) is 8.14. The number of amides is 1. The van der Waals surface area contributed by atoms with Gasteiger partial charge in [-0.25, -0.2) is 0 Å². The highest BCUT2D eigenvalue weighted by Crippen LogP contribution is 2.50. The summed E-state index contributed by atoms with van der Waals surface area (Å²) in [5.74, 6) is 1.04. The first-order valence-corrected chi connectivity index (χ1v) is 9.59. The highest BCUT2D eigenvalue weighted by molar-refractivity contribution is 7.16. The standard InChI is InChI=1S/C20H24N2OS/c1-20(2,3)13-4-5-14-16(10-13)24-19-18(14)15(11-17(23)22-19)12-6-8-21-9-7-12/h6-9,13,15H,4-5,10-11H2,1-3H3,(H,22,23)/t13-,15+/m1/s1. The van der Waals surface area contributed by atoms with E-state index in [0.717, 1.165) is 23.8 Å². The molecule has 4 heteroatoms. The first kappa shape index (κ1) is 15.8. The van der Waals surface area contributed by atoms with Crippen molar-refractivity contribution in [2.45, 2.75) is 52.4 Å². The number of fused-ring (bicyclic) bond motifs is 3. The van der Waals surface area contributed by atoms with E-state index in [2.05, 4.69) is 43.2 Å². The number of carbonyl (C=O) groups is 1. The molecule has 2 aromatic rings. The van der Waals surface area contributed by atoms with Crippen LogP contribution in [0.2, 0.25) is 0 Å². The second-order valence-corrected chi connectivity index (χ2v) is 9.24. The molecule has 24 heavy (non-hydrogen) atoms. The molecule has 2 aliphatic rings. The predicted octanol–water partition coefficient (Wildman–Crippen LogP) is 4.77. The smallest absolute Gasteiger partial charge is 0.225 e. The lowest BCUT2D eigenvalue weighted by Crippen LogP contribution is -2.27. The predicted molar refractivity (Wildman–Crippen MR) is 98.6 cm³/mol. The van der Waals surface area contributed by atoms with Gasteiger partial charge in [0, 0.05) is 29.6 Å². The zero-order valence-electron chi connectivity index (χ0n) is 14.6. The highest BCUT2D eigenvalue weighted by atomic mass is 32.1. The Balaban J connectivity index is 1.76. The van der Waals surface area contributed by atoms with E-state index in [0.29, 0.717) is 11.8 Å². The fraction of sp³-hybridized carbons (Fsp3) is 0.500. The van der Waals surface area contributed by atoms with Crippen LogP contribution >= 0.6 is 11.3 Å². The van der Waals surface area contributed by atoms with Crippen LogP contribution < -0.4 is 5.32 Å². The molecule has 1 N–H and O–H groups in total. The first-order chi connectivity index (χ1) is 11.4. The van der Waals surface area contributed by atoms with Gasteiger partial charge in [0.25, 0.3) is 0 Å². The zero-order valence-corrected chi connectivity index (χ0v) is 15.4. The van der Waals surface area contributed by atoms with Gasteiger partial charge in [-0.05, 0) is 59.4 Å². The lowest BCUT2D eigenvalue weighted by Gasteiger charge is -2.34. The lowest BCUT2D eigenvalue weighted by atomic mass is 9.71. The average Bonchev–Trinajstić information content (AvgIpc) is 2.91. The summed E-state index contributed by atoms with van der Waals surface area (Å²) in [6.07, 6.45) is 7.74. The molecule has 0 spiro atoms. The van der Waals surface area contributed by atoms with Crippen molar-refractivity contribution in [1.82, 2.24) is 4.98 Å². The molecule has 0 aromatic carbocycles. The van der Waals surface area contributed by atoms with Crippen LogP contribution in [0, 0.1) is 11.3 Å². The Labute approximate surface area is 147 Å². The van der Waals surface area contributed by atoms with Crippen LogP contribution in [0.1, 0.15) is 61.1 Å². The van der Waals surface area contributed by atoms with E-state index in [-0.39, 0.29) is 11.8 Å². The maximum absolute atomic E-state index is 12.2. The molecule has 1 amide bonds. The molecule has 3 nitrogen and oxygen atoms in total. The fourth-order valence-corrected chi connectivity index (χ4v) is 5.56. The van der Waals surface area contributed by atoms with Crippen molar-refractivity contribution in [1.29, 1.82) is 0 Å². The molecule has 126 valence electrons. The molecule has 0 bridgehead atoms. The molecule has 4 rings (SSSR count). The topological polar surface area (TPSA) is 42.0 Å². The van der Waals surface area contributed by atoms with Crippen LogP contribution in [0.25, 0.3) is 0 Å². The van der Waals surface area contributed by atoms with E-state index in [1.165, 1.54) is 28.0 Å². The molecule has 0 saturated carbocycles. The molecule has 0 saturated heterocycles. The van der Waals surface area contributed by atoms with Gasteiger partial charge in [-0.2, -0.15) is 0 Å². The molecule has 1 aliphatic carbocycles. The van der Waals surface area contributed by atoms with Gasteiger partial charge >= 0.3 is 0 Å². The third-order valence-electron chi connectivity index (χ3n) is 5.63. The molecule has 0 unspecified atom stereocenters. The molecule has 3 heterocycles. The van der Waals surface area contributed by atoms with Crippen molar-refractivity contribution < 1.29 is 4.79 Å². The van der Waals surface area contributed by atoms with Gasteiger partial charge in [0.1, 0.15) is 0 Å². The number of aromatic nitrogens is 1. The van der Waals surface area contributed by atoms with E-state index < -0.39 is 0 Å². The number of hydrogen-bond acceptors (Lipinski definition) is 3. The van der Waals surface area contributed by atoms with E-state index in [4.69, 9.17) is 0 Å². The maximum Gasteiger partial charge on any atom is 0.225 e. The summed E-state index contributed by atoms with van der Waals surface area (Å²) in [6, 6.07) is 4.11. The minimum atomic E-state index is 0.135. The van der Waals surface area contributed by atoms with Crippen molar-refractivity contribution in [2.75, 3.05) is 5.32 Å². The summed E-state index contributed by atoms with van der Waals surface area (Å²) in [5, 5.41) is 4.22. The van der Waals surface area contributed by atoms with E-state index >= 15 is 0 Å². The Hall–Kier alpha value is -1.68. The molecule has 2 aromatic heterocycles. The molecular weight excluding hydrogens is 316 g/mol. The number of thiophene rings is 1. The minimum Gasteiger partial charge on any atom is -0.317 e. The Bertz CT molecular complexity index is 773. The number of nitrogens with zero attached hydrogens (tertiary/aromatic N) is 1. The maximum atomic E-state index is 12.2. The van der Waals surface area contributed by atoms with Crippen molar-refractivity contribution >= 4 is 22.2 Å². The van der Waals surface area contributed by atoms with E-state index in [1.807, 2.05) is 23.7 Å². The summed E-state index contributed by atoms with van der Waals surface area (Å²) in [4.78, 5) is 17.8.